The van der Waals surface area contributed by atoms with Crippen LogP contribution in [0.25, 0.3) is 32.6 Å². The zero-order chi connectivity index (χ0) is 19.7. The molecule has 0 radical (unpaired) electrons. The lowest BCUT2D eigenvalue weighted by Gasteiger charge is -2.09. The molecule has 0 amide bonds. The molecule has 0 bridgehead atoms. The second-order valence-electron chi connectivity index (χ2n) is 6.71. The Morgan fingerprint density at radius 2 is 2.00 bits per heavy atom. The van der Waals surface area contributed by atoms with Crippen molar-refractivity contribution in [2.45, 2.75) is 24.0 Å². The second kappa shape index (κ2) is 7.95. The molecule has 4 aromatic rings. The molecular weight excluding hydrogens is 388 g/mol. The van der Waals surface area contributed by atoms with Crippen LogP contribution in [0.1, 0.15) is 19.8 Å². The first kappa shape index (κ1) is 19.0. The average molecular weight is 411 g/mol. The summed E-state index contributed by atoms with van der Waals surface area (Å²) in [4.78, 5) is 5.66. The van der Waals surface area contributed by atoms with Gasteiger partial charge >= 0.3 is 0 Å². The standard InChI is InChI=1S/C21H22N4OS2/c1-3-4-10-28(26)21-19(22)18-16(14-8-6-5-7-9-14)11-17(24-20(18)27-21)15-12-23-25(2)13-15/h5-9,11-13H,3-4,10,22H2,1-2H3/t28-/m1/s1. The van der Waals surface area contributed by atoms with E-state index in [2.05, 4.69) is 30.2 Å². The highest BCUT2D eigenvalue weighted by Gasteiger charge is 2.24. The van der Waals surface area contributed by atoms with Crippen LogP contribution in [-0.4, -0.2) is 25.1 Å². The second-order valence-corrected chi connectivity index (χ2v) is 9.48. The normalized spacial score (nSPS) is 12.5. The topological polar surface area (TPSA) is 79.8 Å². The number of benzene rings is 1. The van der Waals surface area contributed by atoms with Crippen molar-refractivity contribution in [3.63, 3.8) is 0 Å². The summed E-state index contributed by atoms with van der Waals surface area (Å²) < 4.78 is 15.3. The number of nitrogens with zero attached hydrogens (tertiary/aromatic N) is 3. The molecule has 0 unspecified atom stereocenters. The van der Waals surface area contributed by atoms with Crippen LogP contribution in [0.4, 0.5) is 5.69 Å². The smallest absolute Gasteiger partial charge is 0.232 e. The van der Waals surface area contributed by atoms with E-state index in [1.54, 1.807) is 10.9 Å². The van der Waals surface area contributed by atoms with Crippen LogP contribution in [0.2, 0.25) is 0 Å². The third kappa shape index (κ3) is 3.53. The number of anilines is 1. The quantitative estimate of drug-likeness (QED) is 0.461. The van der Waals surface area contributed by atoms with Gasteiger partial charge in [-0.2, -0.15) is 5.10 Å². The van der Waals surface area contributed by atoms with Crippen molar-refractivity contribution >= 4 is 38.4 Å². The molecule has 4 rings (SSSR count). The molecule has 0 aliphatic carbocycles. The molecule has 144 valence electrons. The molecule has 5 nitrogen and oxygen atoms in total. The van der Waals surface area contributed by atoms with E-state index in [4.69, 9.17) is 10.7 Å². The lowest BCUT2D eigenvalue weighted by molar-refractivity contribution is 0.594. The summed E-state index contributed by atoms with van der Waals surface area (Å²) in [6, 6.07) is 12.2. The van der Waals surface area contributed by atoms with E-state index in [9.17, 15) is 4.55 Å². The Morgan fingerprint density at radius 1 is 1.21 bits per heavy atom. The molecule has 7 heteroatoms. The molecule has 0 aliphatic rings. The van der Waals surface area contributed by atoms with E-state index in [0.29, 0.717) is 11.4 Å². The molecule has 2 N–H and O–H groups in total. The Labute approximate surface area is 171 Å². The number of thiophene rings is 1. The highest BCUT2D eigenvalue weighted by atomic mass is 32.2. The van der Waals surface area contributed by atoms with E-state index >= 15 is 0 Å². The number of hydrogen-bond donors (Lipinski definition) is 1. The minimum atomic E-state index is -1.10. The molecule has 0 saturated carbocycles. The van der Waals surface area contributed by atoms with E-state index in [-0.39, 0.29) is 0 Å². The van der Waals surface area contributed by atoms with Gasteiger partial charge in [-0.3, -0.25) is 4.68 Å². The Kier molecular flexibility index (Phi) is 5.39. The molecule has 0 fully saturated rings. The summed E-state index contributed by atoms with van der Waals surface area (Å²) in [6.07, 6.45) is 5.68. The first-order valence-corrected chi connectivity index (χ1v) is 11.4. The van der Waals surface area contributed by atoms with Crippen LogP contribution < -0.4 is 5.73 Å². The highest BCUT2D eigenvalue weighted by molar-refractivity contribution is 7.93. The number of nitrogens with two attached hydrogens (primary N) is 1. The van der Waals surface area contributed by atoms with Crippen LogP contribution in [0, 0.1) is 0 Å². The monoisotopic (exact) mass is 410 g/mol. The van der Waals surface area contributed by atoms with Gasteiger partial charge in [0.2, 0.25) is 4.21 Å². The molecule has 0 aliphatic heterocycles. The van der Waals surface area contributed by atoms with Crippen molar-refractivity contribution in [2.75, 3.05) is 11.5 Å². The predicted molar refractivity (Wildman–Crippen MR) is 118 cm³/mol. The number of rotatable bonds is 6. The average Bonchev–Trinajstić information content (AvgIpc) is 3.29. The summed E-state index contributed by atoms with van der Waals surface area (Å²) in [7, 11) is 1.89. The zero-order valence-corrected chi connectivity index (χ0v) is 17.5. The molecule has 0 spiro atoms. The fourth-order valence-corrected chi connectivity index (χ4v) is 5.98. The van der Waals surface area contributed by atoms with Gasteiger partial charge in [-0.05, 0) is 34.8 Å². The first-order valence-electron chi connectivity index (χ1n) is 9.24. The van der Waals surface area contributed by atoms with Gasteiger partial charge in [0.15, 0.2) is 0 Å². The number of pyridine rings is 1. The summed E-state index contributed by atoms with van der Waals surface area (Å²) >= 11 is 0.341. The number of hydrogen-bond acceptors (Lipinski definition) is 5. The van der Waals surface area contributed by atoms with Crippen molar-refractivity contribution in [1.29, 1.82) is 0 Å². The van der Waals surface area contributed by atoms with Gasteiger partial charge in [0, 0.05) is 24.2 Å². The Bertz CT molecular complexity index is 1100. The third-order valence-electron chi connectivity index (χ3n) is 4.64. The number of nitrogen functional groups attached to an aromatic ring is 1. The predicted octanol–water partition coefficient (Wildman–Crippen LogP) is 4.85. The minimum absolute atomic E-state index is 0.596. The maximum Gasteiger partial charge on any atom is 0.232 e. The maximum atomic E-state index is 12.8. The summed E-state index contributed by atoms with van der Waals surface area (Å²) in [5.74, 6) is 0.629. The lowest BCUT2D eigenvalue weighted by atomic mass is 10.0. The van der Waals surface area contributed by atoms with E-state index < -0.39 is 11.2 Å². The Balaban J connectivity index is 1.93. The van der Waals surface area contributed by atoms with Crippen molar-refractivity contribution < 1.29 is 4.55 Å². The lowest BCUT2D eigenvalue weighted by Crippen LogP contribution is -2.06. The van der Waals surface area contributed by atoms with Crippen LogP contribution in [-0.2, 0) is 18.2 Å². The SMILES string of the molecule is CCCC[S@@+]([O-])c1sc2nc(-c3cnn(C)c3)cc(-c3ccccc3)c2c1N. The number of aromatic nitrogens is 3. The van der Waals surface area contributed by atoms with E-state index in [0.717, 1.165) is 49.7 Å². The molecule has 0 saturated heterocycles. The van der Waals surface area contributed by atoms with E-state index in [1.807, 2.05) is 31.4 Å². The van der Waals surface area contributed by atoms with Crippen LogP contribution in [0.15, 0.2) is 53.0 Å². The largest absolute Gasteiger partial charge is 0.611 e. The van der Waals surface area contributed by atoms with Gasteiger partial charge in [0.1, 0.15) is 16.3 Å². The maximum absolute atomic E-state index is 12.8. The van der Waals surface area contributed by atoms with Gasteiger partial charge < -0.3 is 10.3 Å². The molecule has 1 aromatic carbocycles. The third-order valence-corrected chi connectivity index (χ3v) is 7.64. The fourth-order valence-electron chi connectivity index (χ4n) is 3.18. The van der Waals surface area contributed by atoms with Gasteiger partial charge in [0.05, 0.1) is 11.9 Å². The van der Waals surface area contributed by atoms with Gasteiger partial charge in [-0.25, -0.2) is 4.98 Å². The number of fused-ring (bicyclic) bond motifs is 1. The van der Waals surface area contributed by atoms with Crippen molar-refractivity contribution in [3.05, 3.63) is 48.8 Å². The first-order chi connectivity index (χ1) is 13.6. The number of aryl methyl sites for hydroxylation is 1. The molecule has 3 aromatic heterocycles. The van der Waals surface area contributed by atoms with Crippen LogP contribution in [0.5, 0.6) is 0 Å². The van der Waals surface area contributed by atoms with Crippen molar-refractivity contribution in [2.24, 2.45) is 7.05 Å². The number of unbranched alkanes of at least 4 members (excludes halogenated alkanes) is 1. The molecule has 3 heterocycles. The zero-order valence-electron chi connectivity index (χ0n) is 15.9. The molecule has 28 heavy (non-hydrogen) atoms. The highest BCUT2D eigenvalue weighted by Crippen LogP contribution is 2.43. The van der Waals surface area contributed by atoms with E-state index in [1.165, 1.54) is 11.3 Å². The van der Waals surface area contributed by atoms with Gasteiger partial charge in [-0.15, -0.1) is 0 Å². The van der Waals surface area contributed by atoms with Gasteiger partial charge in [-0.1, -0.05) is 55.0 Å². The molecular formula is C21H22N4OS2. The van der Waals surface area contributed by atoms with Crippen molar-refractivity contribution in [1.82, 2.24) is 14.8 Å². The van der Waals surface area contributed by atoms with Gasteiger partial charge in [0.25, 0.3) is 0 Å². The Hall–Kier alpha value is -2.35. The van der Waals surface area contributed by atoms with Crippen molar-refractivity contribution in [3.8, 4) is 22.4 Å². The van der Waals surface area contributed by atoms with Crippen LogP contribution >= 0.6 is 11.3 Å². The van der Waals surface area contributed by atoms with Crippen LogP contribution in [0.3, 0.4) is 0 Å². The molecule has 1 atom stereocenters. The summed E-state index contributed by atoms with van der Waals surface area (Å²) in [5, 5.41) is 5.16. The Morgan fingerprint density at radius 3 is 2.68 bits per heavy atom. The fraction of sp³-hybridized carbons (Fsp3) is 0.238. The summed E-state index contributed by atoms with van der Waals surface area (Å²) in [6.45, 7) is 2.10. The minimum Gasteiger partial charge on any atom is -0.611 e. The summed E-state index contributed by atoms with van der Waals surface area (Å²) in [5.41, 5.74) is 11.0.